The molecule has 1 aliphatic rings. The van der Waals surface area contributed by atoms with E-state index in [0.29, 0.717) is 0 Å². The average Bonchev–Trinajstić information content (AvgIpc) is 2.66. The highest BCUT2D eigenvalue weighted by Gasteiger charge is 2.15. The first-order valence-electron chi connectivity index (χ1n) is 6.23. The van der Waals surface area contributed by atoms with Gasteiger partial charge in [-0.2, -0.15) is 0 Å². The Labute approximate surface area is 93.7 Å². The van der Waals surface area contributed by atoms with Crippen molar-refractivity contribution in [2.45, 2.75) is 52.9 Å². The Morgan fingerprint density at radius 3 is 2.07 bits per heavy atom. The fraction of sp³-hybridized carbons (Fsp3) is 0.600. The lowest BCUT2D eigenvalue weighted by molar-refractivity contribution is 0.546. The Balaban J connectivity index is 2.14. The third-order valence-electron chi connectivity index (χ3n) is 3.99. The van der Waals surface area contributed by atoms with Gasteiger partial charge >= 0.3 is 0 Å². The molecular formula is C15H22. The number of benzene rings is 1. The molecule has 0 heteroatoms. The zero-order valence-electron chi connectivity index (χ0n) is 10.3. The molecule has 0 aromatic heterocycles. The van der Waals surface area contributed by atoms with Crippen molar-refractivity contribution in [2.75, 3.05) is 0 Å². The minimum Gasteiger partial charge on any atom is -0.0558 e. The zero-order valence-corrected chi connectivity index (χ0v) is 10.3. The fourth-order valence-corrected chi connectivity index (χ4v) is 2.79. The third kappa shape index (κ3) is 2.42. The van der Waals surface area contributed by atoms with Crippen molar-refractivity contribution in [3.05, 3.63) is 34.4 Å². The van der Waals surface area contributed by atoms with E-state index in [1.54, 1.807) is 5.56 Å². The van der Waals surface area contributed by atoms with Crippen LogP contribution in [0.1, 0.15) is 47.9 Å². The lowest BCUT2D eigenvalue weighted by Gasteiger charge is -2.12. The predicted octanol–water partition coefficient (Wildman–Crippen LogP) is 4.34. The first-order valence-corrected chi connectivity index (χ1v) is 6.23. The van der Waals surface area contributed by atoms with Crippen LogP contribution in [0.15, 0.2) is 12.1 Å². The summed E-state index contributed by atoms with van der Waals surface area (Å²) in [5.74, 6) is 0.964. The van der Waals surface area contributed by atoms with Crippen molar-refractivity contribution >= 4 is 0 Å². The third-order valence-corrected chi connectivity index (χ3v) is 3.99. The van der Waals surface area contributed by atoms with Crippen LogP contribution < -0.4 is 0 Å². The number of hydrogen-bond acceptors (Lipinski definition) is 0. The van der Waals surface area contributed by atoms with Crippen LogP contribution in [0.5, 0.6) is 0 Å². The summed E-state index contributed by atoms with van der Waals surface area (Å²) in [7, 11) is 0. The van der Waals surface area contributed by atoms with Crippen molar-refractivity contribution in [1.29, 1.82) is 0 Å². The molecule has 0 spiro atoms. The number of hydrogen-bond donors (Lipinski definition) is 0. The van der Waals surface area contributed by atoms with Crippen molar-refractivity contribution in [3.8, 4) is 0 Å². The van der Waals surface area contributed by atoms with Crippen LogP contribution in [0, 0.1) is 26.7 Å². The van der Waals surface area contributed by atoms with Crippen LogP contribution in [0.2, 0.25) is 0 Å². The Bertz CT molecular complexity index is 320. The normalized spacial score (nSPS) is 17.3. The predicted molar refractivity (Wildman–Crippen MR) is 66.3 cm³/mol. The van der Waals surface area contributed by atoms with Crippen LogP contribution in [-0.4, -0.2) is 0 Å². The summed E-state index contributed by atoms with van der Waals surface area (Å²) in [6.45, 7) is 6.70. The molecule has 0 radical (unpaired) electrons. The molecule has 2 rings (SSSR count). The van der Waals surface area contributed by atoms with Gasteiger partial charge in [0.05, 0.1) is 0 Å². The Morgan fingerprint density at radius 1 is 1.00 bits per heavy atom. The second-order valence-electron chi connectivity index (χ2n) is 5.21. The zero-order chi connectivity index (χ0) is 10.8. The van der Waals surface area contributed by atoms with E-state index in [1.807, 2.05) is 0 Å². The smallest absolute Gasteiger partial charge is 0.0250 e. The van der Waals surface area contributed by atoms with Crippen LogP contribution in [-0.2, 0) is 6.42 Å². The molecule has 15 heavy (non-hydrogen) atoms. The Hall–Kier alpha value is -0.780. The van der Waals surface area contributed by atoms with Crippen molar-refractivity contribution in [2.24, 2.45) is 5.92 Å². The monoisotopic (exact) mass is 202 g/mol. The molecule has 1 fully saturated rings. The van der Waals surface area contributed by atoms with E-state index >= 15 is 0 Å². The van der Waals surface area contributed by atoms with Crippen molar-refractivity contribution in [3.63, 3.8) is 0 Å². The van der Waals surface area contributed by atoms with E-state index in [0.717, 1.165) is 5.92 Å². The highest BCUT2D eigenvalue weighted by atomic mass is 14.2. The van der Waals surface area contributed by atoms with E-state index < -0.39 is 0 Å². The Morgan fingerprint density at radius 2 is 1.53 bits per heavy atom. The summed E-state index contributed by atoms with van der Waals surface area (Å²) in [6.07, 6.45) is 7.11. The highest BCUT2D eigenvalue weighted by molar-refractivity contribution is 5.37. The van der Waals surface area contributed by atoms with E-state index in [1.165, 1.54) is 48.8 Å². The molecule has 1 saturated carbocycles. The van der Waals surface area contributed by atoms with Gasteiger partial charge < -0.3 is 0 Å². The maximum Gasteiger partial charge on any atom is -0.0250 e. The lowest BCUT2D eigenvalue weighted by Crippen LogP contribution is -2.00. The molecule has 0 atom stereocenters. The van der Waals surface area contributed by atoms with E-state index in [2.05, 4.69) is 32.9 Å². The molecule has 0 N–H and O–H groups in total. The molecule has 0 nitrogen and oxygen atoms in total. The second-order valence-corrected chi connectivity index (χ2v) is 5.21. The molecule has 0 unspecified atom stereocenters. The van der Waals surface area contributed by atoms with E-state index in [4.69, 9.17) is 0 Å². The largest absolute Gasteiger partial charge is 0.0558 e. The first-order chi connectivity index (χ1) is 7.16. The minimum absolute atomic E-state index is 0.964. The van der Waals surface area contributed by atoms with Crippen molar-refractivity contribution < 1.29 is 0 Å². The van der Waals surface area contributed by atoms with Gasteiger partial charge in [0.2, 0.25) is 0 Å². The van der Waals surface area contributed by atoms with Gasteiger partial charge in [-0.3, -0.25) is 0 Å². The van der Waals surface area contributed by atoms with Gasteiger partial charge in [-0.15, -0.1) is 0 Å². The summed E-state index contributed by atoms with van der Waals surface area (Å²) in [5, 5.41) is 0. The Kier molecular flexibility index (Phi) is 3.14. The van der Waals surface area contributed by atoms with Crippen LogP contribution in [0.3, 0.4) is 0 Å². The standard InChI is InChI=1S/C15H22/c1-11-8-15(9-12(2)13(11)3)10-14-6-4-5-7-14/h8-9,14H,4-7,10H2,1-3H3. The molecule has 0 aliphatic heterocycles. The second kappa shape index (κ2) is 4.38. The fourth-order valence-electron chi connectivity index (χ4n) is 2.79. The van der Waals surface area contributed by atoms with E-state index in [-0.39, 0.29) is 0 Å². The highest BCUT2D eigenvalue weighted by Crippen LogP contribution is 2.29. The molecule has 0 bridgehead atoms. The summed E-state index contributed by atoms with van der Waals surface area (Å²) >= 11 is 0. The topological polar surface area (TPSA) is 0 Å². The molecular weight excluding hydrogens is 180 g/mol. The van der Waals surface area contributed by atoms with Gasteiger partial charge in [0, 0.05) is 0 Å². The van der Waals surface area contributed by atoms with Gasteiger partial charge in [0.15, 0.2) is 0 Å². The van der Waals surface area contributed by atoms with Crippen LogP contribution >= 0.6 is 0 Å². The van der Waals surface area contributed by atoms with Gasteiger partial charge in [-0.1, -0.05) is 37.8 Å². The average molecular weight is 202 g/mol. The van der Waals surface area contributed by atoms with Gasteiger partial charge in [0.25, 0.3) is 0 Å². The maximum absolute atomic E-state index is 2.39. The molecule has 0 saturated heterocycles. The lowest BCUT2D eigenvalue weighted by atomic mass is 9.93. The number of aryl methyl sites for hydroxylation is 2. The molecule has 82 valence electrons. The molecule has 0 amide bonds. The first kappa shape index (κ1) is 10.7. The maximum atomic E-state index is 2.39. The van der Waals surface area contributed by atoms with Gasteiger partial charge in [-0.05, 0) is 55.4 Å². The van der Waals surface area contributed by atoms with Gasteiger partial charge in [0.1, 0.15) is 0 Å². The molecule has 1 aromatic carbocycles. The summed E-state index contributed by atoms with van der Waals surface area (Å²) < 4.78 is 0. The minimum atomic E-state index is 0.964. The van der Waals surface area contributed by atoms with E-state index in [9.17, 15) is 0 Å². The molecule has 1 aliphatic carbocycles. The quantitative estimate of drug-likeness (QED) is 0.669. The van der Waals surface area contributed by atoms with Gasteiger partial charge in [-0.25, -0.2) is 0 Å². The summed E-state index contributed by atoms with van der Waals surface area (Å²) in [5.41, 5.74) is 5.94. The molecule has 0 heterocycles. The summed E-state index contributed by atoms with van der Waals surface area (Å²) in [6, 6.07) is 4.78. The SMILES string of the molecule is Cc1cc(CC2CCCC2)cc(C)c1C. The van der Waals surface area contributed by atoms with Crippen molar-refractivity contribution in [1.82, 2.24) is 0 Å². The molecule has 1 aromatic rings. The number of rotatable bonds is 2. The summed E-state index contributed by atoms with van der Waals surface area (Å²) in [4.78, 5) is 0. The van der Waals surface area contributed by atoms with Crippen LogP contribution in [0.4, 0.5) is 0 Å². The van der Waals surface area contributed by atoms with Crippen LogP contribution in [0.25, 0.3) is 0 Å².